The summed E-state index contributed by atoms with van der Waals surface area (Å²) in [6.45, 7) is 4.55. The van der Waals surface area contributed by atoms with Crippen LogP contribution < -0.4 is 5.32 Å². The topological polar surface area (TPSA) is 73.2 Å². The van der Waals surface area contributed by atoms with Crippen LogP contribution in [0.2, 0.25) is 0 Å². The van der Waals surface area contributed by atoms with Crippen molar-refractivity contribution in [3.8, 4) is 0 Å². The van der Waals surface area contributed by atoms with Crippen LogP contribution in [-0.4, -0.2) is 28.3 Å². The molecule has 26 heavy (non-hydrogen) atoms. The number of hydrogen-bond donors (Lipinski definition) is 1. The van der Waals surface area contributed by atoms with Crippen LogP contribution >= 0.6 is 27.3 Å². The third-order valence-electron chi connectivity index (χ3n) is 4.50. The molecule has 0 radical (unpaired) electrons. The van der Waals surface area contributed by atoms with E-state index in [1.807, 2.05) is 6.92 Å². The zero-order valence-electron chi connectivity index (χ0n) is 14.9. The molecular weight excluding hydrogens is 418 g/mol. The number of anilines is 1. The van der Waals surface area contributed by atoms with Crippen LogP contribution in [0.3, 0.4) is 0 Å². The number of thiophene rings is 1. The summed E-state index contributed by atoms with van der Waals surface area (Å²) in [6.07, 6.45) is 6.03. The highest BCUT2D eigenvalue weighted by Crippen LogP contribution is 2.38. The first-order valence-corrected chi connectivity index (χ1v) is 10.4. The first kappa shape index (κ1) is 19.1. The molecule has 0 aromatic carbocycles. The quantitative estimate of drug-likeness (QED) is 0.687. The van der Waals surface area contributed by atoms with Crippen molar-refractivity contribution in [1.29, 1.82) is 0 Å². The maximum Gasteiger partial charge on any atom is 0.341 e. The van der Waals surface area contributed by atoms with Gasteiger partial charge in [0.05, 0.1) is 29.4 Å². The van der Waals surface area contributed by atoms with Gasteiger partial charge in [-0.1, -0.05) is 0 Å². The second kappa shape index (κ2) is 8.35. The fourth-order valence-electron chi connectivity index (χ4n) is 3.12. The van der Waals surface area contributed by atoms with E-state index in [1.54, 1.807) is 17.8 Å². The number of aromatic nitrogens is 2. The number of aryl methyl sites for hydroxylation is 2. The van der Waals surface area contributed by atoms with Gasteiger partial charge >= 0.3 is 5.97 Å². The first-order valence-electron chi connectivity index (χ1n) is 8.80. The van der Waals surface area contributed by atoms with Crippen LogP contribution in [0.25, 0.3) is 0 Å². The molecule has 1 N–H and O–H groups in total. The summed E-state index contributed by atoms with van der Waals surface area (Å²) in [5.41, 5.74) is 2.59. The molecule has 2 aromatic rings. The average molecular weight is 440 g/mol. The Morgan fingerprint density at radius 3 is 2.85 bits per heavy atom. The number of nitrogens with zero attached hydrogens (tertiary/aromatic N) is 2. The fourth-order valence-corrected chi connectivity index (χ4v) is 4.71. The van der Waals surface area contributed by atoms with E-state index >= 15 is 0 Å². The van der Waals surface area contributed by atoms with Gasteiger partial charge in [-0.2, -0.15) is 5.10 Å². The molecule has 6 nitrogen and oxygen atoms in total. The maximum atomic E-state index is 12.4. The number of hydrogen-bond acceptors (Lipinski definition) is 5. The Morgan fingerprint density at radius 1 is 1.38 bits per heavy atom. The van der Waals surface area contributed by atoms with E-state index in [0.29, 0.717) is 30.1 Å². The molecule has 0 spiro atoms. The lowest BCUT2D eigenvalue weighted by Gasteiger charge is -2.12. The summed E-state index contributed by atoms with van der Waals surface area (Å²) < 4.78 is 7.93. The van der Waals surface area contributed by atoms with Gasteiger partial charge < -0.3 is 10.1 Å². The Bertz CT molecular complexity index is 828. The molecule has 3 rings (SSSR count). The maximum absolute atomic E-state index is 12.4. The molecular formula is C18H22BrN3O3S. The van der Waals surface area contributed by atoms with Crippen LogP contribution in [0, 0.1) is 6.92 Å². The van der Waals surface area contributed by atoms with Crippen LogP contribution in [-0.2, 0) is 28.9 Å². The Hall–Kier alpha value is -1.67. The van der Waals surface area contributed by atoms with E-state index in [0.717, 1.165) is 41.4 Å². The minimum absolute atomic E-state index is 0.125. The van der Waals surface area contributed by atoms with Crippen molar-refractivity contribution in [3.63, 3.8) is 0 Å². The molecule has 140 valence electrons. The van der Waals surface area contributed by atoms with E-state index in [4.69, 9.17) is 4.74 Å². The third kappa shape index (κ3) is 4.01. The molecule has 0 aliphatic heterocycles. The first-order chi connectivity index (χ1) is 12.5. The van der Waals surface area contributed by atoms with E-state index in [9.17, 15) is 9.59 Å². The molecule has 0 unspecified atom stereocenters. The molecule has 0 bridgehead atoms. The number of carbonyl (C=O) groups is 2. The molecule has 1 amide bonds. The monoisotopic (exact) mass is 439 g/mol. The molecule has 0 fully saturated rings. The molecule has 1 aliphatic carbocycles. The van der Waals surface area contributed by atoms with E-state index in [-0.39, 0.29) is 11.9 Å². The van der Waals surface area contributed by atoms with Crippen LogP contribution in [0.15, 0.2) is 10.7 Å². The lowest BCUT2D eigenvalue weighted by Crippen LogP contribution is -2.17. The molecule has 0 saturated heterocycles. The second-order valence-electron chi connectivity index (χ2n) is 6.23. The number of halogens is 1. The van der Waals surface area contributed by atoms with E-state index in [2.05, 4.69) is 26.3 Å². The van der Waals surface area contributed by atoms with Gasteiger partial charge in [0, 0.05) is 17.0 Å². The highest BCUT2D eigenvalue weighted by Gasteiger charge is 2.27. The second-order valence-corrected chi connectivity index (χ2v) is 8.19. The SMILES string of the molecule is CCOC(=O)c1c(NC(=O)CCn2ncc(Br)c2C)sc2c1CCCC2. The van der Waals surface area contributed by atoms with Gasteiger partial charge in [0.15, 0.2) is 0 Å². The number of rotatable bonds is 6. The summed E-state index contributed by atoms with van der Waals surface area (Å²) in [4.78, 5) is 26.1. The largest absolute Gasteiger partial charge is 0.462 e. The summed E-state index contributed by atoms with van der Waals surface area (Å²) in [5.74, 6) is -0.464. The van der Waals surface area contributed by atoms with Gasteiger partial charge in [-0.15, -0.1) is 11.3 Å². The lowest BCUT2D eigenvalue weighted by molar-refractivity contribution is -0.116. The fraction of sp³-hybridized carbons (Fsp3) is 0.500. The zero-order chi connectivity index (χ0) is 18.7. The number of carbonyl (C=O) groups excluding carboxylic acids is 2. The van der Waals surface area contributed by atoms with E-state index < -0.39 is 0 Å². The molecule has 0 atom stereocenters. The standard InChI is InChI=1S/C18H22BrN3O3S/c1-3-25-18(24)16-12-6-4-5-7-14(12)26-17(16)21-15(23)8-9-22-11(2)13(19)10-20-22/h10H,3-9H2,1-2H3,(H,21,23). The smallest absolute Gasteiger partial charge is 0.341 e. The van der Waals surface area contributed by atoms with Crippen molar-refractivity contribution in [2.24, 2.45) is 0 Å². The summed E-state index contributed by atoms with van der Waals surface area (Å²) in [7, 11) is 0. The highest BCUT2D eigenvalue weighted by atomic mass is 79.9. The molecule has 0 saturated carbocycles. The van der Waals surface area contributed by atoms with Crippen LogP contribution in [0.1, 0.15) is 52.7 Å². The minimum atomic E-state index is -0.339. The normalized spacial score (nSPS) is 13.3. The number of ether oxygens (including phenoxy) is 1. The zero-order valence-corrected chi connectivity index (χ0v) is 17.3. The van der Waals surface area contributed by atoms with Gasteiger partial charge in [0.25, 0.3) is 0 Å². The van der Waals surface area contributed by atoms with Crippen molar-refractivity contribution < 1.29 is 14.3 Å². The molecule has 2 aromatic heterocycles. The highest BCUT2D eigenvalue weighted by molar-refractivity contribution is 9.10. The van der Waals surface area contributed by atoms with Crippen LogP contribution in [0.5, 0.6) is 0 Å². The minimum Gasteiger partial charge on any atom is -0.462 e. The number of esters is 1. The molecule has 1 aliphatic rings. The van der Waals surface area contributed by atoms with Gasteiger partial charge in [-0.3, -0.25) is 9.48 Å². The van der Waals surface area contributed by atoms with Crippen molar-refractivity contribution in [1.82, 2.24) is 9.78 Å². The Labute approximate surface area is 165 Å². The van der Waals surface area contributed by atoms with Crippen molar-refractivity contribution in [2.75, 3.05) is 11.9 Å². The lowest BCUT2D eigenvalue weighted by atomic mass is 9.95. The number of amides is 1. The van der Waals surface area contributed by atoms with E-state index in [1.165, 1.54) is 16.2 Å². The number of nitrogens with one attached hydrogen (secondary N) is 1. The van der Waals surface area contributed by atoms with Crippen molar-refractivity contribution in [2.45, 2.75) is 52.5 Å². The van der Waals surface area contributed by atoms with Crippen molar-refractivity contribution in [3.05, 3.63) is 32.4 Å². The van der Waals surface area contributed by atoms with Crippen molar-refractivity contribution >= 4 is 44.1 Å². The Morgan fingerprint density at radius 2 is 2.15 bits per heavy atom. The Balaban J connectivity index is 1.74. The van der Waals surface area contributed by atoms with Gasteiger partial charge in [0.1, 0.15) is 5.00 Å². The summed E-state index contributed by atoms with van der Waals surface area (Å²) >= 11 is 4.93. The average Bonchev–Trinajstić information content (AvgIpc) is 3.13. The van der Waals surface area contributed by atoms with Gasteiger partial charge in [0.2, 0.25) is 5.91 Å². The van der Waals surface area contributed by atoms with Crippen LogP contribution in [0.4, 0.5) is 5.00 Å². The van der Waals surface area contributed by atoms with Gasteiger partial charge in [-0.05, 0) is 61.0 Å². The van der Waals surface area contributed by atoms with Gasteiger partial charge in [-0.25, -0.2) is 4.79 Å². The predicted octanol–water partition coefficient (Wildman–Crippen LogP) is 4.10. The summed E-state index contributed by atoms with van der Waals surface area (Å²) in [6, 6.07) is 0. The molecule has 2 heterocycles. The Kier molecular flexibility index (Phi) is 6.13. The number of fused-ring (bicyclic) bond motifs is 1. The predicted molar refractivity (Wildman–Crippen MR) is 105 cm³/mol. The third-order valence-corrected chi connectivity index (χ3v) is 6.48. The summed E-state index contributed by atoms with van der Waals surface area (Å²) in [5, 5.41) is 7.79. The molecule has 8 heteroatoms.